The van der Waals surface area contributed by atoms with Crippen LogP contribution in [0.2, 0.25) is 0 Å². The van der Waals surface area contributed by atoms with E-state index in [1.165, 1.54) is 0 Å². The maximum absolute atomic E-state index is 12.2. The number of aromatic hydroxyl groups is 1. The van der Waals surface area contributed by atoms with Gasteiger partial charge in [-0.15, -0.1) is 0 Å². The fourth-order valence-corrected chi connectivity index (χ4v) is 2.43. The molecule has 5 nitrogen and oxygen atoms in total. The number of carbonyl (C=O) groups is 1. The zero-order valence-corrected chi connectivity index (χ0v) is 13.9. The highest BCUT2D eigenvalue weighted by molar-refractivity contribution is 5.84. The van der Waals surface area contributed by atoms with Crippen molar-refractivity contribution in [2.24, 2.45) is 5.92 Å². The van der Waals surface area contributed by atoms with Gasteiger partial charge < -0.3 is 14.9 Å². The summed E-state index contributed by atoms with van der Waals surface area (Å²) < 4.78 is 5.58. The molecule has 0 aliphatic carbocycles. The molecule has 0 saturated heterocycles. The molecular weight excluding hydrogens is 306 g/mol. The topological polar surface area (TPSA) is 78.8 Å². The Labute approximate surface area is 141 Å². The molecule has 5 heteroatoms. The molecular formula is C19H23NO4. The normalized spacial score (nSPS) is 13.1. The van der Waals surface area contributed by atoms with Crippen LogP contribution in [0, 0.1) is 12.8 Å². The molecule has 0 aromatic heterocycles. The van der Waals surface area contributed by atoms with Gasteiger partial charge in [0.15, 0.2) is 0 Å². The molecule has 3 N–H and O–H groups in total. The molecule has 0 spiro atoms. The van der Waals surface area contributed by atoms with Crippen LogP contribution >= 0.6 is 0 Å². The van der Waals surface area contributed by atoms with Crippen LogP contribution in [-0.4, -0.2) is 22.9 Å². The van der Waals surface area contributed by atoms with Gasteiger partial charge in [-0.05, 0) is 49.1 Å². The van der Waals surface area contributed by atoms with Gasteiger partial charge in [-0.3, -0.25) is 5.32 Å². The molecule has 2 atom stereocenters. The summed E-state index contributed by atoms with van der Waals surface area (Å²) in [5.41, 5.74) is 2.53. The van der Waals surface area contributed by atoms with Gasteiger partial charge in [-0.25, -0.2) is 4.79 Å². The van der Waals surface area contributed by atoms with Crippen molar-refractivity contribution >= 4 is 11.8 Å². The Morgan fingerprint density at radius 3 is 2.33 bits per heavy atom. The SMILES string of the molecule is Cc1ccc(NC(=O)O[C@@H](c2ccc(O)cc2)[C@@H](C)CCO)cc1. The van der Waals surface area contributed by atoms with E-state index < -0.39 is 12.2 Å². The van der Waals surface area contributed by atoms with Crippen molar-refractivity contribution in [1.29, 1.82) is 0 Å². The number of hydrogen-bond donors (Lipinski definition) is 3. The molecule has 0 radical (unpaired) electrons. The molecule has 0 fully saturated rings. The second kappa shape index (κ2) is 8.36. The summed E-state index contributed by atoms with van der Waals surface area (Å²) in [5, 5.41) is 21.3. The first-order chi connectivity index (χ1) is 11.5. The van der Waals surface area contributed by atoms with Crippen molar-refractivity contribution < 1.29 is 19.7 Å². The zero-order chi connectivity index (χ0) is 17.5. The maximum Gasteiger partial charge on any atom is 0.412 e. The number of aliphatic hydroxyl groups is 1. The highest BCUT2D eigenvalue weighted by Gasteiger charge is 2.23. The zero-order valence-electron chi connectivity index (χ0n) is 13.9. The van der Waals surface area contributed by atoms with Crippen molar-refractivity contribution in [3.8, 4) is 5.75 Å². The van der Waals surface area contributed by atoms with Crippen molar-refractivity contribution in [3.05, 3.63) is 59.7 Å². The number of rotatable bonds is 6. The Bertz CT molecular complexity index is 652. The van der Waals surface area contributed by atoms with E-state index in [-0.39, 0.29) is 18.3 Å². The molecule has 0 bridgehead atoms. The van der Waals surface area contributed by atoms with Crippen LogP contribution in [0.25, 0.3) is 0 Å². The number of nitrogens with one attached hydrogen (secondary N) is 1. The first-order valence-corrected chi connectivity index (χ1v) is 7.93. The van der Waals surface area contributed by atoms with Gasteiger partial charge in [0, 0.05) is 12.3 Å². The first-order valence-electron chi connectivity index (χ1n) is 7.93. The van der Waals surface area contributed by atoms with Gasteiger partial charge in [0.25, 0.3) is 0 Å². The second-order valence-electron chi connectivity index (χ2n) is 5.90. The van der Waals surface area contributed by atoms with Gasteiger partial charge in [-0.1, -0.05) is 36.8 Å². The number of aliphatic hydroxyl groups excluding tert-OH is 1. The Hall–Kier alpha value is -2.53. The van der Waals surface area contributed by atoms with Crippen LogP contribution in [0.15, 0.2) is 48.5 Å². The lowest BCUT2D eigenvalue weighted by molar-refractivity contribution is 0.0667. The number of phenols is 1. The molecule has 1 amide bonds. The average Bonchev–Trinajstić information content (AvgIpc) is 2.56. The van der Waals surface area contributed by atoms with Crippen molar-refractivity contribution in [2.45, 2.75) is 26.4 Å². The van der Waals surface area contributed by atoms with Gasteiger partial charge in [0.1, 0.15) is 11.9 Å². The molecule has 0 heterocycles. The predicted molar refractivity (Wildman–Crippen MR) is 93.0 cm³/mol. The van der Waals surface area contributed by atoms with E-state index >= 15 is 0 Å². The van der Waals surface area contributed by atoms with E-state index in [1.54, 1.807) is 24.3 Å². The summed E-state index contributed by atoms with van der Waals surface area (Å²) in [5.74, 6) is 0.0831. The van der Waals surface area contributed by atoms with Gasteiger partial charge in [-0.2, -0.15) is 0 Å². The van der Waals surface area contributed by atoms with Crippen molar-refractivity contribution in [2.75, 3.05) is 11.9 Å². The number of phenolic OH excluding ortho intramolecular Hbond substituents is 1. The number of ether oxygens (including phenoxy) is 1. The summed E-state index contributed by atoms with van der Waals surface area (Å²) in [6, 6.07) is 14.0. The first kappa shape index (κ1) is 17.8. The molecule has 0 unspecified atom stereocenters. The predicted octanol–water partition coefficient (Wildman–Crippen LogP) is 4.01. The quantitative estimate of drug-likeness (QED) is 0.748. The number of anilines is 1. The van der Waals surface area contributed by atoms with E-state index in [1.807, 2.05) is 38.1 Å². The summed E-state index contributed by atoms with van der Waals surface area (Å²) in [7, 11) is 0. The fourth-order valence-electron chi connectivity index (χ4n) is 2.43. The van der Waals surface area contributed by atoms with E-state index in [4.69, 9.17) is 4.74 Å². The molecule has 2 rings (SSSR count). The maximum atomic E-state index is 12.2. The van der Waals surface area contributed by atoms with Crippen LogP contribution in [0.4, 0.5) is 10.5 Å². The van der Waals surface area contributed by atoms with Crippen LogP contribution in [-0.2, 0) is 4.74 Å². The number of hydrogen-bond acceptors (Lipinski definition) is 4. The molecule has 2 aromatic rings. The lowest BCUT2D eigenvalue weighted by Gasteiger charge is -2.24. The monoisotopic (exact) mass is 329 g/mol. The Morgan fingerprint density at radius 2 is 1.75 bits per heavy atom. The second-order valence-corrected chi connectivity index (χ2v) is 5.90. The number of carbonyl (C=O) groups excluding carboxylic acids is 1. The minimum atomic E-state index is -0.554. The fraction of sp³-hybridized carbons (Fsp3) is 0.316. The van der Waals surface area contributed by atoms with Gasteiger partial charge in [0.05, 0.1) is 0 Å². The highest BCUT2D eigenvalue weighted by atomic mass is 16.6. The molecule has 24 heavy (non-hydrogen) atoms. The van der Waals surface area contributed by atoms with Gasteiger partial charge >= 0.3 is 6.09 Å². The Kier molecular flexibility index (Phi) is 6.21. The van der Waals surface area contributed by atoms with Crippen LogP contribution < -0.4 is 5.32 Å². The molecule has 0 aliphatic heterocycles. The minimum absolute atomic E-state index is 0.0126. The average molecular weight is 329 g/mol. The molecule has 128 valence electrons. The summed E-state index contributed by atoms with van der Waals surface area (Å²) in [6.07, 6.45) is -0.562. The van der Waals surface area contributed by atoms with E-state index in [2.05, 4.69) is 5.32 Å². The van der Waals surface area contributed by atoms with Crippen LogP contribution in [0.3, 0.4) is 0 Å². The highest BCUT2D eigenvalue weighted by Crippen LogP contribution is 2.30. The Morgan fingerprint density at radius 1 is 1.12 bits per heavy atom. The lowest BCUT2D eigenvalue weighted by Crippen LogP contribution is -2.22. The summed E-state index contributed by atoms with van der Waals surface area (Å²) in [6.45, 7) is 3.89. The van der Waals surface area contributed by atoms with E-state index in [9.17, 15) is 15.0 Å². The van der Waals surface area contributed by atoms with Gasteiger partial charge in [0.2, 0.25) is 0 Å². The lowest BCUT2D eigenvalue weighted by atomic mass is 9.94. The van der Waals surface area contributed by atoms with E-state index in [0.29, 0.717) is 12.1 Å². The van der Waals surface area contributed by atoms with Crippen LogP contribution in [0.5, 0.6) is 5.75 Å². The summed E-state index contributed by atoms with van der Waals surface area (Å²) in [4.78, 5) is 12.2. The van der Waals surface area contributed by atoms with E-state index in [0.717, 1.165) is 11.1 Å². The van der Waals surface area contributed by atoms with Crippen LogP contribution in [0.1, 0.15) is 30.6 Å². The number of aryl methyl sites for hydroxylation is 1. The smallest absolute Gasteiger partial charge is 0.412 e. The standard InChI is InChI=1S/C19H23NO4/c1-13-3-7-16(8-4-13)20-19(23)24-18(14(2)11-12-21)15-5-9-17(22)10-6-15/h3-10,14,18,21-22H,11-12H2,1-2H3,(H,20,23)/t14-,18+/m0/s1. The third-order valence-corrected chi connectivity index (χ3v) is 3.85. The van der Waals surface area contributed by atoms with Crippen molar-refractivity contribution in [1.82, 2.24) is 0 Å². The largest absolute Gasteiger partial charge is 0.508 e. The summed E-state index contributed by atoms with van der Waals surface area (Å²) >= 11 is 0. The number of benzene rings is 2. The Balaban J connectivity index is 2.10. The minimum Gasteiger partial charge on any atom is -0.508 e. The molecule has 0 saturated carbocycles. The third-order valence-electron chi connectivity index (χ3n) is 3.85. The molecule has 2 aromatic carbocycles. The third kappa shape index (κ3) is 4.99. The van der Waals surface area contributed by atoms with Crippen molar-refractivity contribution in [3.63, 3.8) is 0 Å². The molecule has 0 aliphatic rings. The number of amides is 1.